The second kappa shape index (κ2) is 9.18. The average molecular weight is 266 g/mol. The molecule has 106 valence electrons. The topological polar surface area (TPSA) is 80.9 Å². The van der Waals surface area contributed by atoms with Gasteiger partial charge >= 0.3 is 0 Å². The molecule has 6 heteroatoms. The van der Waals surface area contributed by atoms with E-state index < -0.39 is 0 Å². The number of hydrogen-bond donors (Lipinski definition) is 3. The number of nitrogens with one attached hydrogen (secondary N) is 2. The zero-order valence-corrected chi connectivity index (χ0v) is 11.5. The third-order valence-corrected chi connectivity index (χ3v) is 2.32. The minimum atomic E-state index is 0.518. The average Bonchev–Trinajstić information content (AvgIpc) is 2.43. The summed E-state index contributed by atoms with van der Waals surface area (Å²) in [5.41, 5.74) is 3.41. The maximum Gasteiger partial charge on any atom is 0.210 e. The number of rotatable bonds is 7. The van der Waals surface area contributed by atoms with Gasteiger partial charge in [-0.2, -0.15) is 0 Å². The normalized spacial score (nSPS) is 11.2. The summed E-state index contributed by atoms with van der Waals surface area (Å²) in [5, 5.41) is 3.10. The van der Waals surface area contributed by atoms with Gasteiger partial charge in [0, 0.05) is 32.0 Å². The third-order valence-electron chi connectivity index (χ3n) is 2.32. The first-order valence-electron chi connectivity index (χ1n) is 6.30. The van der Waals surface area contributed by atoms with Crippen molar-refractivity contribution in [2.24, 2.45) is 10.8 Å². The Morgan fingerprint density at radius 3 is 2.95 bits per heavy atom. The second-order valence-electron chi connectivity index (χ2n) is 3.81. The van der Waals surface area contributed by atoms with E-state index >= 15 is 0 Å². The second-order valence-corrected chi connectivity index (χ2v) is 3.81. The molecule has 0 radical (unpaired) electrons. The Balaban J connectivity index is 2.56. The lowest BCUT2D eigenvalue weighted by Gasteiger charge is -2.10. The largest absolute Gasteiger partial charge is 0.494 e. The van der Waals surface area contributed by atoms with Crippen molar-refractivity contribution in [3.05, 3.63) is 24.3 Å². The molecule has 1 aromatic carbocycles. The zero-order valence-electron chi connectivity index (χ0n) is 11.5. The molecule has 4 N–H and O–H groups in total. The molecule has 0 spiro atoms. The van der Waals surface area contributed by atoms with Crippen molar-refractivity contribution in [3.63, 3.8) is 0 Å². The number of nitrogens with two attached hydrogens (primary N) is 1. The van der Waals surface area contributed by atoms with E-state index in [2.05, 4.69) is 15.7 Å². The van der Waals surface area contributed by atoms with Gasteiger partial charge in [0.2, 0.25) is 5.96 Å². The van der Waals surface area contributed by atoms with E-state index in [4.69, 9.17) is 15.3 Å². The van der Waals surface area contributed by atoms with Gasteiger partial charge in [0.25, 0.3) is 0 Å². The molecule has 0 unspecified atom stereocenters. The lowest BCUT2D eigenvalue weighted by Crippen LogP contribution is -2.36. The van der Waals surface area contributed by atoms with Crippen molar-refractivity contribution < 1.29 is 9.47 Å². The molecule has 0 saturated carbocycles. The molecule has 1 aromatic rings. The molecule has 0 aliphatic heterocycles. The molecule has 0 bridgehead atoms. The molecule has 0 fully saturated rings. The summed E-state index contributed by atoms with van der Waals surface area (Å²) < 4.78 is 10.4. The summed E-state index contributed by atoms with van der Waals surface area (Å²) in [6.07, 6.45) is 0.850. The number of anilines is 1. The first kappa shape index (κ1) is 15.3. The Morgan fingerprint density at radius 1 is 1.42 bits per heavy atom. The number of guanidine groups is 1. The van der Waals surface area contributed by atoms with Gasteiger partial charge in [0.15, 0.2) is 0 Å². The van der Waals surface area contributed by atoms with Crippen LogP contribution in [0, 0.1) is 0 Å². The van der Waals surface area contributed by atoms with E-state index in [0.29, 0.717) is 25.7 Å². The minimum Gasteiger partial charge on any atom is -0.494 e. The molecule has 0 aliphatic rings. The molecule has 6 nitrogen and oxygen atoms in total. The van der Waals surface area contributed by atoms with Crippen LogP contribution in [0.1, 0.15) is 13.3 Å². The standard InChI is InChI=1S/C13H22N4O2/c1-3-19-12-7-4-6-11(10-12)16-13(17-14)15-8-5-9-18-2/h4,6-7,10H,3,5,8-9,14H2,1-2H3,(H2,15,16,17). The molecular weight excluding hydrogens is 244 g/mol. The lowest BCUT2D eigenvalue weighted by molar-refractivity contribution is 0.197. The van der Waals surface area contributed by atoms with Crippen molar-refractivity contribution in [1.82, 2.24) is 5.43 Å². The van der Waals surface area contributed by atoms with E-state index in [0.717, 1.165) is 17.9 Å². The van der Waals surface area contributed by atoms with E-state index in [1.165, 1.54) is 0 Å². The van der Waals surface area contributed by atoms with E-state index in [1.54, 1.807) is 7.11 Å². The number of aliphatic imine (C=N–C) groups is 1. The van der Waals surface area contributed by atoms with Crippen LogP contribution in [0.3, 0.4) is 0 Å². The number of benzene rings is 1. The van der Waals surface area contributed by atoms with E-state index in [-0.39, 0.29) is 0 Å². The monoisotopic (exact) mass is 266 g/mol. The quantitative estimate of drug-likeness (QED) is 0.228. The highest BCUT2D eigenvalue weighted by molar-refractivity contribution is 5.93. The number of methoxy groups -OCH3 is 1. The molecule has 0 aliphatic carbocycles. The Labute approximate surface area is 114 Å². The number of nitrogens with zero attached hydrogens (tertiary/aromatic N) is 1. The summed E-state index contributed by atoms with van der Waals surface area (Å²) >= 11 is 0. The highest BCUT2D eigenvalue weighted by Crippen LogP contribution is 2.16. The predicted molar refractivity (Wildman–Crippen MR) is 77.4 cm³/mol. The smallest absolute Gasteiger partial charge is 0.210 e. The fourth-order valence-corrected chi connectivity index (χ4v) is 1.49. The molecule has 0 amide bonds. The first-order chi connectivity index (χ1) is 9.30. The summed E-state index contributed by atoms with van der Waals surface area (Å²) in [6.45, 7) is 3.91. The molecular formula is C13H22N4O2. The summed E-state index contributed by atoms with van der Waals surface area (Å²) in [6, 6.07) is 7.63. The summed E-state index contributed by atoms with van der Waals surface area (Å²) in [5.74, 6) is 6.75. The maximum atomic E-state index is 5.43. The van der Waals surface area contributed by atoms with Crippen LogP contribution >= 0.6 is 0 Å². The van der Waals surface area contributed by atoms with Crippen LogP contribution in [-0.2, 0) is 4.74 Å². The van der Waals surface area contributed by atoms with Gasteiger partial charge in [-0.3, -0.25) is 10.4 Å². The van der Waals surface area contributed by atoms with Gasteiger partial charge in [-0.25, -0.2) is 5.84 Å². The van der Waals surface area contributed by atoms with Gasteiger partial charge in [0.05, 0.1) is 6.61 Å². The van der Waals surface area contributed by atoms with Crippen molar-refractivity contribution >= 4 is 11.6 Å². The molecule has 0 heterocycles. The van der Waals surface area contributed by atoms with Gasteiger partial charge in [-0.15, -0.1) is 0 Å². The van der Waals surface area contributed by atoms with Crippen LogP contribution in [0.2, 0.25) is 0 Å². The lowest BCUT2D eigenvalue weighted by atomic mass is 10.3. The van der Waals surface area contributed by atoms with Gasteiger partial charge in [-0.1, -0.05) is 6.07 Å². The van der Waals surface area contributed by atoms with Crippen molar-refractivity contribution in [2.45, 2.75) is 13.3 Å². The van der Waals surface area contributed by atoms with Crippen LogP contribution in [-0.4, -0.2) is 32.8 Å². The van der Waals surface area contributed by atoms with Crippen LogP contribution in [0.25, 0.3) is 0 Å². The third kappa shape index (κ3) is 6.08. The zero-order chi connectivity index (χ0) is 13.9. The van der Waals surface area contributed by atoms with Gasteiger partial charge < -0.3 is 14.8 Å². The molecule has 19 heavy (non-hydrogen) atoms. The fraction of sp³-hybridized carbons (Fsp3) is 0.462. The van der Waals surface area contributed by atoms with Crippen molar-refractivity contribution in [3.8, 4) is 5.75 Å². The van der Waals surface area contributed by atoms with Crippen LogP contribution < -0.4 is 21.3 Å². The number of hydrazine groups is 1. The van der Waals surface area contributed by atoms with Gasteiger partial charge in [0.1, 0.15) is 5.75 Å². The van der Waals surface area contributed by atoms with Crippen LogP contribution in [0.5, 0.6) is 5.75 Å². The number of hydrogen-bond acceptors (Lipinski definition) is 4. The SMILES string of the molecule is CCOc1cccc(NC(=NCCCOC)NN)c1. The minimum absolute atomic E-state index is 0.518. The highest BCUT2D eigenvalue weighted by atomic mass is 16.5. The van der Waals surface area contributed by atoms with Crippen LogP contribution in [0.4, 0.5) is 5.69 Å². The summed E-state index contributed by atoms with van der Waals surface area (Å²) in [4.78, 5) is 4.30. The fourth-order valence-electron chi connectivity index (χ4n) is 1.49. The van der Waals surface area contributed by atoms with Gasteiger partial charge in [-0.05, 0) is 25.5 Å². The van der Waals surface area contributed by atoms with E-state index in [9.17, 15) is 0 Å². The molecule has 1 rings (SSSR count). The molecule has 0 saturated heterocycles. The number of ether oxygens (including phenoxy) is 2. The Morgan fingerprint density at radius 2 is 2.26 bits per heavy atom. The predicted octanol–water partition coefficient (Wildman–Crippen LogP) is 1.35. The highest BCUT2D eigenvalue weighted by Gasteiger charge is 1.99. The Hall–Kier alpha value is -1.79. The van der Waals surface area contributed by atoms with E-state index in [1.807, 2.05) is 31.2 Å². The van der Waals surface area contributed by atoms with Crippen molar-refractivity contribution in [2.75, 3.05) is 32.2 Å². The van der Waals surface area contributed by atoms with Crippen molar-refractivity contribution in [1.29, 1.82) is 0 Å². The van der Waals surface area contributed by atoms with Crippen LogP contribution in [0.15, 0.2) is 29.3 Å². The molecule has 0 atom stereocenters. The Bertz CT molecular complexity index is 396. The maximum absolute atomic E-state index is 5.43. The molecule has 0 aromatic heterocycles. The first-order valence-corrected chi connectivity index (χ1v) is 6.30. The Kier molecular flexibility index (Phi) is 7.38. The summed E-state index contributed by atoms with van der Waals surface area (Å²) in [7, 11) is 1.67.